The van der Waals surface area contributed by atoms with E-state index in [2.05, 4.69) is 17.0 Å². The molecule has 0 fully saturated rings. The van der Waals surface area contributed by atoms with E-state index in [4.69, 9.17) is 4.98 Å². The number of aromatic amines is 1. The highest BCUT2D eigenvalue weighted by atomic mass is 16.3. The second-order valence-corrected chi connectivity index (χ2v) is 7.02. The predicted octanol–water partition coefficient (Wildman–Crippen LogP) is 3.91. The summed E-state index contributed by atoms with van der Waals surface area (Å²) in [6, 6.07) is 7.99. The number of rotatable bonds is 3. The van der Waals surface area contributed by atoms with E-state index in [1.54, 1.807) is 13.8 Å². The van der Waals surface area contributed by atoms with Crippen LogP contribution < -0.4 is 0 Å². The predicted molar refractivity (Wildman–Crippen MR) is 100 cm³/mol. The third-order valence-corrected chi connectivity index (χ3v) is 4.83. The van der Waals surface area contributed by atoms with Gasteiger partial charge >= 0.3 is 0 Å². The lowest BCUT2D eigenvalue weighted by molar-refractivity contribution is 0.0786. The standard InChI is InChI=1S/C20H22N4O/c1-5-15-16-18-13(11-22-24(18)4)10-21-19(16)23-17(15)12-6-8-14(9-7-12)20(2,3)25/h6-11,22,25H,5H2,1-4H3. The Bertz CT molecular complexity index is 1070. The molecule has 5 heteroatoms. The Morgan fingerprint density at radius 1 is 1.20 bits per heavy atom. The molecule has 0 unspecified atom stereocenters. The SMILES string of the molecule is CCc1c(-c2ccc(C(C)(C)O)cc2)nc2ncc3c[nH]n(C)c3c12. The van der Waals surface area contributed by atoms with Crippen LogP contribution in [0.1, 0.15) is 31.9 Å². The topological polar surface area (TPSA) is 66.7 Å². The van der Waals surface area contributed by atoms with E-state index in [1.165, 1.54) is 5.56 Å². The smallest absolute Gasteiger partial charge is 0.162 e. The monoisotopic (exact) mass is 334 g/mol. The van der Waals surface area contributed by atoms with Crippen molar-refractivity contribution >= 4 is 21.9 Å². The molecule has 128 valence electrons. The minimum atomic E-state index is -0.844. The molecule has 0 aliphatic heterocycles. The van der Waals surface area contributed by atoms with Crippen LogP contribution in [0.15, 0.2) is 36.7 Å². The fourth-order valence-electron chi connectivity index (χ4n) is 3.48. The zero-order valence-electron chi connectivity index (χ0n) is 15.0. The Labute approximate surface area is 146 Å². The minimum absolute atomic E-state index is 0.779. The van der Waals surface area contributed by atoms with Crippen LogP contribution >= 0.6 is 0 Å². The summed E-state index contributed by atoms with van der Waals surface area (Å²) in [4.78, 5) is 9.37. The summed E-state index contributed by atoms with van der Waals surface area (Å²) < 4.78 is 2.02. The maximum Gasteiger partial charge on any atom is 0.162 e. The Hall–Kier alpha value is -2.66. The summed E-state index contributed by atoms with van der Waals surface area (Å²) in [5.41, 5.74) is 5.19. The van der Waals surface area contributed by atoms with Gasteiger partial charge in [0.1, 0.15) is 0 Å². The molecule has 1 aromatic carbocycles. The number of hydrogen-bond acceptors (Lipinski definition) is 3. The zero-order valence-corrected chi connectivity index (χ0v) is 15.0. The van der Waals surface area contributed by atoms with Crippen LogP contribution in [0.3, 0.4) is 0 Å². The van der Waals surface area contributed by atoms with E-state index >= 15 is 0 Å². The van der Waals surface area contributed by atoms with E-state index in [0.29, 0.717) is 0 Å². The van der Waals surface area contributed by atoms with Gasteiger partial charge in [-0.05, 0) is 31.4 Å². The van der Waals surface area contributed by atoms with Crippen molar-refractivity contribution in [2.75, 3.05) is 0 Å². The molecule has 4 aromatic rings. The average Bonchev–Trinajstić information content (AvgIpc) is 3.14. The Balaban J connectivity index is 1.96. The second kappa shape index (κ2) is 5.43. The highest BCUT2D eigenvalue weighted by Gasteiger charge is 2.20. The zero-order chi connectivity index (χ0) is 17.8. The highest BCUT2D eigenvalue weighted by Crippen LogP contribution is 2.34. The first kappa shape index (κ1) is 15.8. The molecule has 0 aliphatic rings. The van der Waals surface area contributed by atoms with Crippen LogP contribution in [-0.4, -0.2) is 24.9 Å². The maximum atomic E-state index is 10.2. The summed E-state index contributed by atoms with van der Waals surface area (Å²) in [6.07, 6.45) is 4.71. The number of nitrogens with zero attached hydrogens (tertiary/aromatic N) is 3. The first-order chi connectivity index (χ1) is 11.9. The summed E-state index contributed by atoms with van der Waals surface area (Å²) in [5, 5.41) is 15.6. The normalized spacial score (nSPS) is 12.4. The van der Waals surface area contributed by atoms with Crippen LogP contribution in [0.5, 0.6) is 0 Å². The van der Waals surface area contributed by atoms with Crippen molar-refractivity contribution < 1.29 is 5.11 Å². The highest BCUT2D eigenvalue weighted by molar-refractivity contribution is 6.06. The van der Waals surface area contributed by atoms with E-state index < -0.39 is 5.60 Å². The minimum Gasteiger partial charge on any atom is -0.386 e. The van der Waals surface area contributed by atoms with Crippen molar-refractivity contribution in [1.29, 1.82) is 0 Å². The third-order valence-electron chi connectivity index (χ3n) is 4.83. The Morgan fingerprint density at radius 3 is 2.56 bits per heavy atom. The lowest BCUT2D eigenvalue weighted by atomic mass is 9.95. The molecule has 0 bridgehead atoms. The molecule has 3 aromatic heterocycles. The van der Waals surface area contributed by atoms with E-state index in [1.807, 2.05) is 48.4 Å². The van der Waals surface area contributed by atoms with E-state index in [9.17, 15) is 5.11 Å². The number of aliphatic hydroxyl groups is 1. The lowest BCUT2D eigenvalue weighted by Gasteiger charge is -2.17. The lowest BCUT2D eigenvalue weighted by Crippen LogP contribution is -2.14. The average molecular weight is 334 g/mol. The van der Waals surface area contributed by atoms with Crippen molar-refractivity contribution in [2.45, 2.75) is 32.8 Å². The van der Waals surface area contributed by atoms with Gasteiger partial charge in [-0.3, -0.25) is 4.68 Å². The molecule has 0 radical (unpaired) electrons. The third kappa shape index (κ3) is 2.43. The quantitative estimate of drug-likeness (QED) is 0.597. The Morgan fingerprint density at radius 2 is 1.92 bits per heavy atom. The van der Waals surface area contributed by atoms with Gasteiger partial charge in [0, 0.05) is 30.4 Å². The van der Waals surface area contributed by atoms with Crippen molar-refractivity contribution in [3.8, 4) is 11.3 Å². The fraction of sp³-hybridized carbons (Fsp3) is 0.300. The number of fused-ring (bicyclic) bond motifs is 3. The van der Waals surface area contributed by atoms with Crippen molar-refractivity contribution in [3.05, 3.63) is 47.8 Å². The molecule has 4 rings (SSSR count). The number of hydrogen-bond donors (Lipinski definition) is 2. The van der Waals surface area contributed by atoms with Crippen LogP contribution in [0, 0.1) is 0 Å². The molecule has 0 saturated heterocycles. The molecule has 0 amide bonds. The molecule has 0 aliphatic carbocycles. The number of benzene rings is 1. The summed E-state index contributed by atoms with van der Waals surface area (Å²) >= 11 is 0. The fourth-order valence-corrected chi connectivity index (χ4v) is 3.48. The van der Waals surface area contributed by atoms with Gasteiger partial charge in [0.2, 0.25) is 0 Å². The number of pyridine rings is 1. The molecule has 5 nitrogen and oxygen atoms in total. The largest absolute Gasteiger partial charge is 0.386 e. The van der Waals surface area contributed by atoms with Gasteiger partial charge in [0.05, 0.1) is 22.2 Å². The van der Waals surface area contributed by atoms with Crippen LogP contribution in [0.2, 0.25) is 0 Å². The van der Waals surface area contributed by atoms with E-state index in [-0.39, 0.29) is 0 Å². The molecule has 3 heterocycles. The van der Waals surface area contributed by atoms with Crippen LogP contribution in [0.25, 0.3) is 33.2 Å². The number of nitrogens with one attached hydrogen (secondary N) is 1. The first-order valence-corrected chi connectivity index (χ1v) is 8.55. The molecule has 25 heavy (non-hydrogen) atoms. The summed E-state index contributed by atoms with van der Waals surface area (Å²) in [7, 11) is 2.01. The molecular weight excluding hydrogens is 312 g/mol. The first-order valence-electron chi connectivity index (χ1n) is 8.55. The van der Waals surface area contributed by atoms with Gasteiger partial charge < -0.3 is 10.2 Å². The molecular formula is C20H22N4O. The van der Waals surface area contributed by atoms with E-state index in [0.717, 1.165) is 45.2 Å². The van der Waals surface area contributed by atoms with Gasteiger partial charge in [-0.15, -0.1) is 0 Å². The summed E-state index contributed by atoms with van der Waals surface area (Å²) in [6.45, 7) is 5.73. The van der Waals surface area contributed by atoms with Gasteiger partial charge in [-0.25, -0.2) is 9.97 Å². The van der Waals surface area contributed by atoms with Gasteiger partial charge in [0.25, 0.3) is 0 Å². The van der Waals surface area contributed by atoms with Crippen molar-refractivity contribution in [2.24, 2.45) is 7.05 Å². The Kier molecular flexibility index (Phi) is 3.44. The number of aryl methyl sites for hydroxylation is 2. The molecule has 2 N–H and O–H groups in total. The summed E-state index contributed by atoms with van der Waals surface area (Å²) in [5.74, 6) is 0. The maximum absolute atomic E-state index is 10.2. The molecule has 0 spiro atoms. The van der Waals surface area contributed by atoms with Crippen molar-refractivity contribution in [1.82, 2.24) is 19.7 Å². The molecule has 0 atom stereocenters. The van der Waals surface area contributed by atoms with Crippen LogP contribution in [0.4, 0.5) is 0 Å². The van der Waals surface area contributed by atoms with Gasteiger partial charge in [-0.2, -0.15) is 0 Å². The van der Waals surface area contributed by atoms with Crippen molar-refractivity contribution in [3.63, 3.8) is 0 Å². The van der Waals surface area contributed by atoms with Gasteiger partial charge in [0.15, 0.2) is 5.65 Å². The number of aromatic nitrogens is 4. The van der Waals surface area contributed by atoms with Crippen LogP contribution in [-0.2, 0) is 19.1 Å². The second-order valence-electron chi connectivity index (χ2n) is 7.02. The van der Waals surface area contributed by atoms with Gasteiger partial charge in [-0.1, -0.05) is 31.2 Å². The number of H-pyrrole nitrogens is 1. The molecule has 0 saturated carbocycles.